The van der Waals surface area contributed by atoms with Gasteiger partial charge in [-0.05, 0) is 19.3 Å². The molecule has 0 aromatic rings. The SMILES string of the molecule is CCCCCCCCCCCCC/C=C/[C@@H](O)[C@H](CO[C@@H]1O[C@H](CO)[C@@H](O)[C@H](O)[C@H]1O)NC(=O)[C@H](O)CCCCCCCCCCCCCCCCCCCCC. The molecule has 0 radical (unpaired) electrons. The van der Waals surface area contributed by atoms with Gasteiger partial charge in [-0.3, -0.25) is 4.79 Å². The van der Waals surface area contributed by atoms with Gasteiger partial charge in [0.25, 0.3) is 0 Å². The lowest BCUT2D eigenvalue weighted by Gasteiger charge is -2.40. The highest BCUT2D eigenvalue weighted by Crippen LogP contribution is 2.23. The fraction of sp³-hybridized carbons (Fsp3) is 0.936. The van der Waals surface area contributed by atoms with Crippen LogP contribution in [0.25, 0.3) is 0 Å². The van der Waals surface area contributed by atoms with Crippen molar-refractivity contribution in [2.75, 3.05) is 13.2 Å². The van der Waals surface area contributed by atoms with Crippen LogP contribution in [0.4, 0.5) is 0 Å². The summed E-state index contributed by atoms with van der Waals surface area (Å²) in [4.78, 5) is 13.0. The number of hydrogen-bond donors (Lipinski definition) is 7. The van der Waals surface area contributed by atoms with Gasteiger partial charge >= 0.3 is 0 Å². The Morgan fingerprint density at radius 1 is 0.596 bits per heavy atom. The number of ether oxygens (including phenoxy) is 2. The Labute approximate surface area is 349 Å². The van der Waals surface area contributed by atoms with Gasteiger partial charge in [-0.2, -0.15) is 0 Å². The van der Waals surface area contributed by atoms with Crippen molar-refractivity contribution >= 4 is 5.91 Å². The first-order valence-corrected chi connectivity index (χ1v) is 24.0. The predicted octanol–water partition coefficient (Wildman–Crippen LogP) is 9.09. The van der Waals surface area contributed by atoms with Crippen LogP contribution >= 0.6 is 0 Å². The van der Waals surface area contributed by atoms with E-state index in [0.29, 0.717) is 6.42 Å². The summed E-state index contributed by atoms with van der Waals surface area (Å²) in [5, 5.41) is 64.7. The Hall–Kier alpha value is -1.11. The summed E-state index contributed by atoms with van der Waals surface area (Å²) in [5.41, 5.74) is 0. The zero-order chi connectivity index (χ0) is 41.8. The summed E-state index contributed by atoms with van der Waals surface area (Å²) in [6.07, 6.45) is 33.0. The smallest absolute Gasteiger partial charge is 0.249 e. The van der Waals surface area contributed by atoms with E-state index in [1.54, 1.807) is 6.08 Å². The number of amides is 1. The van der Waals surface area contributed by atoms with E-state index in [-0.39, 0.29) is 6.61 Å². The van der Waals surface area contributed by atoms with E-state index in [1.165, 1.54) is 154 Å². The van der Waals surface area contributed by atoms with Crippen LogP contribution < -0.4 is 5.32 Å². The summed E-state index contributed by atoms with van der Waals surface area (Å²) < 4.78 is 11.1. The van der Waals surface area contributed by atoms with E-state index in [9.17, 15) is 35.4 Å². The molecule has 0 saturated carbocycles. The molecule has 0 bridgehead atoms. The lowest BCUT2D eigenvalue weighted by atomic mass is 9.99. The van der Waals surface area contributed by atoms with Gasteiger partial charge < -0.3 is 45.4 Å². The number of unbranched alkanes of at least 4 members (excludes halogenated alkanes) is 29. The molecule has 1 saturated heterocycles. The van der Waals surface area contributed by atoms with Gasteiger partial charge in [0.15, 0.2) is 6.29 Å². The molecule has 7 N–H and O–H groups in total. The fourth-order valence-corrected chi connectivity index (χ4v) is 7.75. The summed E-state index contributed by atoms with van der Waals surface area (Å²) >= 11 is 0. The minimum absolute atomic E-state index is 0.301. The van der Waals surface area contributed by atoms with Gasteiger partial charge in [-0.15, -0.1) is 0 Å². The lowest BCUT2D eigenvalue weighted by molar-refractivity contribution is -0.302. The predicted molar refractivity (Wildman–Crippen MR) is 232 cm³/mol. The highest BCUT2D eigenvalue weighted by molar-refractivity contribution is 5.80. The van der Waals surface area contributed by atoms with E-state index < -0.39 is 61.5 Å². The van der Waals surface area contributed by atoms with Gasteiger partial charge in [0.2, 0.25) is 5.91 Å². The highest BCUT2D eigenvalue weighted by Gasteiger charge is 2.44. The van der Waals surface area contributed by atoms with Gasteiger partial charge in [0.1, 0.15) is 30.5 Å². The summed E-state index contributed by atoms with van der Waals surface area (Å²) in [5.74, 6) is -0.613. The summed E-state index contributed by atoms with van der Waals surface area (Å²) in [6, 6.07) is -0.974. The number of allylic oxidation sites excluding steroid dienone is 1. The molecule has 1 fully saturated rings. The molecule has 57 heavy (non-hydrogen) atoms. The number of aliphatic hydroxyl groups is 6. The first-order valence-electron chi connectivity index (χ1n) is 24.0. The van der Waals surface area contributed by atoms with Crippen LogP contribution in [0.2, 0.25) is 0 Å². The third-order valence-corrected chi connectivity index (χ3v) is 11.7. The van der Waals surface area contributed by atoms with Crippen molar-refractivity contribution in [1.82, 2.24) is 5.32 Å². The van der Waals surface area contributed by atoms with Gasteiger partial charge in [-0.25, -0.2) is 0 Å². The second kappa shape index (κ2) is 37.9. The molecule has 1 aliphatic heterocycles. The first-order chi connectivity index (χ1) is 27.8. The molecule has 0 spiro atoms. The minimum atomic E-state index is -1.61. The van der Waals surface area contributed by atoms with E-state index >= 15 is 0 Å². The standard InChI is InChI=1S/C47H91NO9/c1-3-5-7-9-11-13-15-17-18-19-20-21-22-24-26-28-30-32-34-36-41(51)46(55)48-39(38-56-47-45(54)44(53)43(52)42(37-49)57-47)40(50)35-33-31-29-27-25-23-16-14-12-10-8-6-4-2/h33,35,39-45,47,49-54H,3-32,34,36-38H2,1-2H3,(H,48,55)/b35-33+/t39-,40+,41+,42+,43+,44-,45+,47+/m0/s1. The molecule has 1 heterocycles. The zero-order valence-electron chi connectivity index (χ0n) is 36.7. The topological polar surface area (TPSA) is 169 Å². The van der Waals surface area contributed by atoms with Crippen molar-refractivity contribution in [2.45, 2.75) is 268 Å². The molecule has 0 unspecified atom stereocenters. The number of hydrogen-bond acceptors (Lipinski definition) is 9. The van der Waals surface area contributed by atoms with E-state index in [2.05, 4.69) is 19.2 Å². The highest BCUT2D eigenvalue weighted by atomic mass is 16.7. The van der Waals surface area contributed by atoms with E-state index in [0.717, 1.165) is 44.9 Å². The third-order valence-electron chi connectivity index (χ3n) is 11.7. The average Bonchev–Trinajstić information content (AvgIpc) is 3.21. The maximum absolute atomic E-state index is 13.0. The number of nitrogens with one attached hydrogen (secondary N) is 1. The quantitative estimate of drug-likeness (QED) is 0.0236. The Morgan fingerprint density at radius 2 is 1.00 bits per heavy atom. The Morgan fingerprint density at radius 3 is 1.42 bits per heavy atom. The second-order valence-electron chi connectivity index (χ2n) is 17.1. The van der Waals surface area contributed by atoms with Crippen LogP contribution in [0.5, 0.6) is 0 Å². The van der Waals surface area contributed by atoms with Gasteiger partial charge in [0, 0.05) is 0 Å². The van der Waals surface area contributed by atoms with Gasteiger partial charge in [-0.1, -0.05) is 212 Å². The summed E-state index contributed by atoms with van der Waals surface area (Å²) in [7, 11) is 0. The minimum Gasteiger partial charge on any atom is -0.394 e. The number of carbonyl (C=O) groups excluding carboxylic acids is 1. The molecule has 10 heteroatoms. The van der Waals surface area contributed by atoms with E-state index in [1.807, 2.05) is 6.08 Å². The van der Waals surface area contributed by atoms with Crippen LogP contribution in [0.1, 0.15) is 219 Å². The average molecular weight is 814 g/mol. The monoisotopic (exact) mass is 814 g/mol. The molecular formula is C47H91NO9. The van der Waals surface area contributed by atoms with E-state index in [4.69, 9.17) is 9.47 Å². The molecule has 0 aliphatic carbocycles. The van der Waals surface area contributed by atoms with Crippen molar-refractivity contribution in [2.24, 2.45) is 0 Å². The molecule has 338 valence electrons. The van der Waals surface area contributed by atoms with Crippen molar-refractivity contribution in [3.8, 4) is 0 Å². The number of aliphatic hydroxyl groups excluding tert-OH is 6. The van der Waals surface area contributed by atoms with Crippen molar-refractivity contribution < 1.29 is 44.9 Å². The van der Waals surface area contributed by atoms with Crippen LogP contribution in [-0.4, -0.2) is 98.7 Å². The third kappa shape index (κ3) is 28.1. The second-order valence-corrected chi connectivity index (χ2v) is 17.1. The molecule has 1 rings (SSSR count). The largest absolute Gasteiger partial charge is 0.394 e. The Balaban J connectivity index is 2.36. The molecule has 1 amide bonds. The lowest BCUT2D eigenvalue weighted by Crippen LogP contribution is -2.60. The number of carbonyl (C=O) groups is 1. The molecule has 10 nitrogen and oxygen atoms in total. The fourth-order valence-electron chi connectivity index (χ4n) is 7.75. The molecule has 1 aliphatic rings. The van der Waals surface area contributed by atoms with Crippen LogP contribution in [0, 0.1) is 0 Å². The number of rotatable bonds is 40. The molecule has 0 aromatic heterocycles. The molecule has 0 aromatic carbocycles. The summed E-state index contributed by atoms with van der Waals surface area (Å²) in [6.45, 7) is 3.61. The zero-order valence-corrected chi connectivity index (χ0v) is 36.7. The van der Waals surface area contributed by atoms with Crippen molar-refractivity contribution in [1.29, 1.82) is 0 Å². The van der Waals surface area contributed by atoms with Crippen LogP contribution in [0.15, 0.2) is 12.2 Å². The Bertz CT molecular complexity index is 921. The first kappa shape index (κ1) is 53.9. The molecule has 8 atom stereocenters. The van der Waals surface area contributed by atoms with Gasteiger partial charge in [0.05, 0.1) is 25.4 Å². The maximum atomic E-state index is 13.0. The van der Waals surface area contributed by atoms with Crippen molar-refractivity contribution in [3.63, 3.8) is 0 Å². The maximum Gasteiger partial charge on any atom is 0.249 e. The van der Waals surface area contributed by atoms with Crippen LogP contribution in [0.3, 0.4) is 0 Å². The van der Waals surface area contributed by atoms with Crippen LogP contribution in [-0.2, 0) is 14.3 Å². The molecular weight excluding hydrogens is 723 g/mol. The van der Waals surface area contributed by atoms with Crippen molar-refractivity contribution in [3.05, 3.63) is 12.2 Å². The Kier molecular flexibility index (Phi) is 35.8. The normalized spacial score (nSPS) is 21.6.